The molecule has 0 radical (unpaired) electrons. The number of carbonyl (C=O) groups excluding carboxylic acids is 1. The van der Waals surface area contributed by atoms with Crippen LogP contribution in [0.4, 0.5) is 0 Å². The van der Waals surface area contributed by atoms with E-state index in [1.807, 2.05) is 63.1 Å². The van der Waals surface area contributed by atoms with Gasteiger partial charge in [-0.2, -0.15) is 0 Å². The van der Waals surface area contributed by atoms with Crippen molar-refractivity contribution in [1.29, 1.82) is 0 Å². The summed E-state index contributed by atoms with van der Waals surface area (Å²) in [5, 5.41) is 3.18. The van der Waals surface area contributed by atoms with Crippen LogP contribution in [-0.2, 0) is 15.6 Å². The zero-order chi connectivity index (χ0) is 18.7. The molecule has 1 atom stereocenters. The van der Waals surface area contributed by atoms with Gasteiger partial charge in [-0.05, 0) is 32.9 Å². The molecule has 0 aliphatic rings. The topological polar surface area (TPSA) is 65.0 Å². The van der Waals surface area contributed by atoms with E-state index in [0.717, 1.165) is 4.90 Å². The van der Waals surface area contributed by atoms with E-state index in [0.29, 0.717) is 37.9 Å². The van der Waals surface area contributed by atoms with Gasteiger partial charge >= 0.3 is 0 Å². The SMILES string of the molecule is CCNC(=NCCS(=O)c1ccccc1)N(C)CC(=O)N(CC)CC. The number of nitrogens with zero attached hydrogens (tertiary/aromatic N) is 3. The van der Waals surface area contributed by atoms with Crippen LogP contribution in [0.5, 0.6) is 0 Å². The van der Waals surface area contributed by atoms with Crippen molar-refractivity contribution in [2.24, 2.45) is 4.99 Å². The Hall–Kier alpha value is -1.89. The van der Waals surface area contributed by atoms with Gasteiger partial charge in [-0.25, -0.2) is 0 Å². The number of benzene rings is 1. The molecule has 0 aliphatic heterocycles. The maximum absolute atomic E-state index is 12.2. The molecular formula is C18H30N4O2S. The number of likely N-dealkylation sites (N-methyl/N-ethyl adjacent to an activating group) is 2. The highest BCUT2D eigenvalue weighted by Crippen LogP contribution is 2.05. The van der Waals surface area contributed by atoms with E-state index >= 15 is 0 Å². The van der Waals surface area contributed by atoms with Crippen LogP contribution in [0.1, 0.15) is 20.8 Å². The average molecular weight is 367 g/mol. The third-order valence-electron chi connectivity index (χ3n) is 3.73. The van der Waals surface area contributed by atoms with Gasteiger partial charge < -0.3 is 15.1 Å². The Bertz CT molecular complexity index is 574. The standard InChI is InChI=1S/C18H30N4O2S/c1-5-19-18(21(4)15-17(23)22(6-2)7-3)20-13-14-25(24)16-11-9-8-10-12-16/h8-12H,5-7,13-15H2,1-4H3,(H,19,20). The highest BCUT2D eigenvalue weighted by Gasteiger charge is 2.15. The van der Waals surface area contributed by atoms with Crippen LogP contribution < -0.4 is 5.32 Å². The summed E-state index contributed by atoms with van der Waals surface area (Å²) >= 11 is 0. The van der Waals surface area contributed by atoms with E-state index in [1.54, 1.807) is 4.90 Å². The third kappa shape index (κ3) is 7.25. The quantitative estimate of drug-likeness (QED) is 0.532. The average Bonchev–Trinajstić information content (AvgIpc) is 2.62. The second kappa shape index (κ2) is 11.6. The normalized spacial score (nSPS) is 12.6. The first-order valence-corrected chi connectivity index (χ1v) is 10.1. The van der Waals surface area contributed by atoms with Crippen LogP contribution >= 0.6 is 0 Å². The van der Waals surface area contributed by atoms with Gasteiger partial charge in [-0.3, -0.25) is 14.0 Å². The molecule has 7 heteroatoms. The zero-order valence-electron chi connectivity index (χ0n) is 15.7. The molecule has 0 heterocycles. The largest absolute Gasteiger partial charge is 0.357 e. The van der Waals surface area contributed by atoms with Gasteiger partial charge in [0.25, 0.3) is 0 Å². The summed E-state index contributed by atoms with van der Waals surface area (Å²) in [5.74, 6) is 1.19. The maximum atomic E-state index is 12.2. The minimum atomic E-state index is -1.07. The van der Waals surface area contributed by atoms with Crippen LogP contribution in [0.3, 0.4) is 0 Å². The molecule has 0 bridgehead atoms. The van der Waals surface area contributed by atoms with Crippen molar-refractivity contribution in [2.75, 3.05) is 45.5 Å². The van der Waals surface area contributed by atoms with Gasteiger partial charge in [0.2, 0.25) is 5.91 Å². The van der Waals surface area contributed by atoms with Gasteiger partial charge in [-0.15, -0.1) is 0 Å². The van der Waals surface area contributed by atoms with Crippen molar-refractivity contribution in [1.82, 2.24) is 15.1 Å². The van der Waals surface area contributed by atoms with E-state index in [2.05, 4.69) is 10.3 Å². The fourth-order valence-electron chi connectivity index (χ4n) is 2.35. The van der Waals surface area contributed by atoms with E-state index in [1.165, 1.54) is 0 Å². The number of rotatable bonds is 9. The summed E-state index contributed by atoms with van der Waals surface area (Å²) in [4.78, 5) is 21.2. The molecule has 0 saturated heterocycles. The lowest BCUT2D eigenvalue weighted by Gasteiger charge is -2.25. The molecule has 1 aromatic carbocycles. The Labute approximate surface area is 153 Å². The number of carbonyl (C=O) groups is 1. The molecule has 0 aliphatic carbocycles. The Morgan fingerprint density at radius 3 is 2.36 bits per heavy atom. The fourth-order valence-corrected chi connectivity index (χ4v) is 3.30. The number of nitrogens with one attached hydrogen (secondary N) is 1. The Kier molecular flexibility index (Phi) is 9.84. The summed E-state index contributed by atoms with van der Waals surface area (Å²) in [7, 11) is 0.778. The molecule has 1 aromatic rings. The molecule has 1 unspecified atom stereocenters. The molecule has 0 aromatic heterocycles. The molecule has 25 heavy (non-hydrogen) atoms. The lowest BCUT2D eigenvalue weighted by atomic mass is 10.4. The van der Waals surface area contributed by atoms with Gasteiger partial charge in [0, 0.05) is 37.3 Å². The van der Waals surface area contributed by atoms with Crippen LogP contribution in [0.2, 0.25) is 0 Å². The Balaban J connectivity index is 2.63. The predicted molar refractivity (Wildman–Crippen MR) is 104 cm³/mol. The van der Waals surface area contributed by atoms with E-state index in [4.69, 9.17) is 0 Å². The first-order chi connectivity index (χ1) is 12.0. The molecule has 0 spiro atoms. The second-order valence-electron chi connectivity index (χ2n) is 5.52. The van der Waals surface area contributed by atoms with Crippen LogP contribution in [0, 0.1) is 0 Å². The molecule has 1 N–H and O–H groups in total. The molecule has 1 rings (SSSR count). The highest BCUT2D eigenvalue weighted by atomic mass is 32.2. The van der Waals surface area contributed by atoms with Crippen LogP contribution in [-0.4, -0.2) is 71.4 Å². The molecular weight excluding hydrogens is 336 g/mol. The minimum absolute atomic E-state index is 0.0750. The number of guanidine groups is 1. The van der Waals surface area contributed by atoms with Crippen LogP contribution in [0.25, 0.3) is 0 Å². The van der Waals surface area contributed by atoms with Gasteiger partial charge in [0.1, 0.15) is 0 Å². The highest BCUT2D eigenvalue weighted by molar-refractivity contribution is 7.85. The fraction of sp³-hybridized carbons (Fsp3) is 0.556. The van der Waals surface area contributed by atoms with Crippen molar-refractivity contribution in [3.05, 3.63) is 30.3 Å². The monoisotopic (exact) mass is 366 g/mol. The summed E-state index contributed by atoms with van der Waals surface area (Å²) < 4.78 is 12.2. The molecule has 0 fully saturated rings. The number of aliphatic imine (C=N–C) groups is 1. The van der Waals surface area contributed by atoms with Gasteiger partial charge in [0.05, 0.1) is 23.9 Å². The van der Waals surface area contributed by atoms with Crippen molar-refractivity contribution < 1.29 is 9.00 Å². The van der Waals surface area contributed by atoms with E-state index in [9.17, 15) is 9.00 Å². The predicted octanol–water partition coefficient (Wildman–Crippen LogP) is 1.56. The lowest BCUT2D eigenvalue weighted by Crippen LogP contribution is -2.45. The van der Waals surface area contributed by atoms with Crippen molar-refractivity contribution in [3.63, 3.8) is 0 Å². The number of hydrogen-bond donors (Lipinski definition) is 1. The Morgan fingerprint density at radius 1 is 1.16 bits per heavy atom. The first-order valence-electron chi connectivity index (χ1n) is 8.74. The van der Waals surface area contributed by atoms with E-state index < -0.39 is 10.8 Å². The number of hydrogen-bond acceptors (Lipinski definition) is 3. The van der Waals surface area contributed by atoms with E-state index in [-0.39, 0.29) is 12.5 Å². The van der Waals surface area contributed by atoms with Gasteiger partial charge in [-0.1, -0.05) is 18.2 Å². The molecule has 140 valence electrons. The summed E-state index contributed by atoms with van der Waals surface area (Å²) in [5.41, 5.74) is 0. The minimum Gasteiger partial charge on any atom is -0.357 e. The molecule has 0 saturated carbocycles. The maximum Gasteiger partial charge on any atom is 0.242 e. The Morgan fingerprint density at radius 2 is 1.80 bits per heavy atom. The third-order valence-corrected chi connectivity index (χ3v) is 5.08. The molecule has 6 nitrogen and oxygen atoms in total. The van der Waals surface area contributed by atoms with Crippen molar-refractivity contribution >= 4 is 22.7 Å². The zero-order valence-corrected chi connectivity index (χ0v) is 16.5. The second-order valence-corrected chi connectivity index (χ2v) is 7.09. The van der Waals surface area contributed by atoms with Crippen molar-refractivity contribution in [2.45, 2.75) is 25.7 Å². The number of amides is 1. The summed E-state index contributed by atoms with van der Waals surface area (Å²) in [6.07, 6.45) is 0. The van der Waals surface area contributed by atoms with Crippen molar-refractivity contribution in [3.8, 4) is 0 Å². The molecule has 1 amide bonds. The van der Waals surface area contributed by atoms with Gasteiger partial charge in [0.15, 0.2) is 5.96 Å². The first kappa shape index (κ1) is 21.2. The lowest BCUT2D eigenvalue weighted by molar-refractivity contribution is -0.131. The van der Waals surface area contributed by atoms with Crippen LogP contribution in [0.15, 0.2) is 40.2 Å². The summed E-state index contributed by atoms with van der Waals surface area (Å²) in [6.45, 7) is 8.75. The smallest absolute Gasteiger partial charge is 0.242 e. The summed E-state index contributed by atoms with van der Waals surface area (Å²) in [6, 6.07) is 9.39.